The van der Waals surface area contributed by atoms with Gasteiger partial charge in [-0.05, 0) is 29.8 Å². The zero-order valence-electron chi connectivity index (χ0n) is 8.72. The van der Waals surface area contributed by atoms with Crippen LogP contribution in [-0.4, -0.2) is 4.57 Å². The fourth-order valence-corrected chi connectivity index (χ4v) is 1.51. The van der Waals surface area contributed by atoms with Crippen LogP contribution in [0.1, 0.15) is 11.1 Å². The highest BCUT2D eigenvalue weighted by molar-refractivity contribution is 5.32. The number of pyridine rings is 1. The minimum Gasteiger partial charge on any atom is -0.350 e. The second kappa shape index (κ2) is 4.45. The van der Waals surface area contributed by atoms with E-state index in [1.54, 1.807) is 18.2 Å². The van der Waals surface area contributed by atoms with Crippen LogP contribution in [0.15, 0.2) is 48.8 Å². The molecule has 2 rings (SSSR count). The molecule has 0 atom stereocenters. The Kier molecular flexibility index (Phi) is 2.84. The molecule has 1 N–H and O–H groups in total. The number of hydrogen-bond donors (Lipinski definition) is 1. The highest BCUT2D eigenvalue weighted by Gasteiger charge is 1.95. The molecule has 0 fully saturated rings. The summed E-state index contributed by atoms with van der Waals surface area (Å²) in [6.07, 6.45) is 3.72. The summed E-state index contributed by atoms with van der Waals surface area (Å²) in [5.74, 6) is 0. The van der Waals surface area contributed by atoms with Crippen molar-refractivity contribution in [1.29, 1.82) is 10.7 Å². The lowest BCUT2D eigenvalue weighted by atomic mass is 10.1. The second-order valence-electron chi connectivity index (χ2n) is 3.57. The van der Waals surface area contributed by atoms with Gasteiger partial charge in [0.2, 0.25) is 0 Å². The van der Waals surface area contributed by atoms with E-state index in [0.717, 1.165) is 12.1 Å². The zero-order chi connectivity index (χ0) is 11.4. The third-order valence-electron chi connectivity index (χ3n) is 2.31. The van der Waals surface area contributed by atoms with Crippen molar-refractivity contribution in [2.75, 3.05) is 0 Å². The van der Waals surface area contributed by atoms with Gasteiger partial charge >= 0.3 is 0 Å². The van der Waals surface area contributed by atoms with Gasteiger partial charge in [0.1, 0.15) is 0 Å². The lowest BCUT2D eigenvalue weighted by Crippen LogP contribution is -2.04. The summed E-state index contributed by atoms with van der Waals surface area (Å²) in [5, 5.41) is 16.7. The number of aromatic nitrogens is 1. The smallest absolute Gasteiger partial charge is 0.0991 e. The summed E-state index contributed by atoms with van der Waals surface area (Å²) in [7, 11) is 0. The molecule has 2 aromatic rings. The standard InChI is InChI=1S/C13H11N3/c14-9-11-2-1-3-12(8-11)10-16-6-4-13(15)5-7-16/h1-8,15H,10H2. The lowest BCUT2D eigenvalue weighted by molar-refractivity contribution is 0.786. The molecule has 0 aliphatic carbocycles. The van der Waals surface area contributed by atoms with Crippen LogP contribution in [0.4, 0.5) is 0 Å². The van der Waals surface area contributed by atoms with Crippen LogP contribution in [0.2, 0.25) is 0 Å². The topological polar surface area (TPSA) is 52.6 Å². The van der Waals surface area contributed by atoms with E-state index in [1.165, 1.54) is 0 Å². The minimum absolute atomic E-state index is 0.502. The summed E-state index contributed by atoms with van der Waals surface area (Å²) in [5.41, 5.74) is 1.76. The minimum atomic E-state index is 0.502. The van der Waals surface area contributed by atoms with Gasteiger partial charge in [-0.2, -0.15) is 5.26 Å². The highest BCUT2D eigenvalue weighted by Crippen LogP contribution is 2.05. The Labute approximate surface area is 93.7 Å². The van der Waals surface area contributed by atoms with Gasteiger partial charge in [-0.15, -0.1) is 0 Å². The van der Waals surface area contributed by atoms with Gasteiger partial charge in [-0.3, -0.25) is 0 Å². The first-order valence-corrected chi connectivity index (χ1v) is 4.98. The van der Waals surface area contributed by atoms with Crippen LogP contribution >= 0.6 is 0 Å². The molecule has 78 valence electrons. The first kappa shape index (κ1) is 10.2. The molecule has 0 radical (unpaired) electrons. The molecule has 0 saturated heterocycles. The number of nitrogens with zero attached hydrogens (tertiary/aromatic N) is 2. The normalized spacial score (nSPS) is 9.69. The Morgan fingerprint density at radius 3 is 2.62 bits per heavy atom. The summed E-state index contributed by atoms with van der Waals surface area (Å²) in [4.78, 5) is 0. The van der Waals surface area contributed by atoms with E-state index in [4.69, 9.17) is 10.7 Å². The molecule has 0 aliphatic rings. The maximum Gasteiger partial charge on any atom is 0.0991 e. The molecule has 0 aliphatic heterocycles. The largest absolute Gasteiger partial charge is 0.350 e. The van der Waals surface area contributed by atoms with E-state index in [2.05, 4.69) is 6.07 Å². The number of benzene rings is 1. The summed E-state index contributed by atoms with van der Waals surface area (Å²) in [6.45, 7) is 0.718. The molecule has 0 bridgehead atoms. The van der Waals surface area contributed by atoms with E-state index >= 15 is 0 Å². The molecule has 1 aromatic heterocycles. The van der Waals surface area contributed by atoms with Crippen molar-refractivity contribution in [3.8, 4) is 6.07 Å². The molecule has 0 amide bonds. The molecule has 0 saturated carbocycles. The van der Waals surface area contributed by atoms with E-state index in [-0.39, 0.29) is 0 Å². The van der Waals surface area contributed by atoms with E-state index in [9.17, 15) is 0 Å². The van der Waals surface area contributed by atoms with Crippen molar-refractivity contribution in [3.63, 3.8) is 0 Å². The van der Waals surface area contributed by atoms with Crippen LogP contribution in [0.25, 0.3) is 0 Å². The maximum absolute atomic E-state index is 8.78. The number of nitrogens with one attached hydrogen (secondary N) is 1. The number of hydrogen-bond acceptors (Lipinski definition) is 2. The summed E-state index contributed by atoms with van der Waals surface area (Å²) >= 11 is 0. The Morgan fingerprint density at radius 2 is 1.94 bits per heavy atom. The van der Waals surface area contributed by atoms with Crippen LogP contribution in [-0.2, 0) is 6.54 Å². The van der Waals surface area contributed by atoms with Crippen LogP contribution < -0.4 is 5.36 Å². The molecule has 0 spiro atoms. The van der Waals surface area contributed by atoms with E-state index in [1.807, 2.05) is 35.2 Å². The van der Waals surface area contributed by atoms with Crippen molar-refractivity contribution >= 4 is 0 Å². The first-order chi connectivity index (χ1) is 7.78. The Morgan fingerprint density at radius 1 is 1.19 bits per heavy atom. The lowest BCUT2D eigenvalue weighted by Gasteiger charge is -2.06. The van der Waals surface area contributed by atoms with Crippen molar-refractivity contribution in [1.82, 2.24) is 4.57 Å². The second-order valence-corrected chi connectivity index (χ2v) is 3.57. The van der Waals surface area contributed by atoms with Crippen molar-refractivity contribution < 1.29 is 0 Å². The monoisotopic (exact) mass is 209 g/mol. The fourth-order valence-electron chi connectivity index (χ4n) is 1.51. The number of nitriles is 1. The van der Waals surface area contributed by atoms with Gasteiger partial charge < -0.3 is 9.98 Å². The van der Waals surface area contributed by atoms with Crippen molar-refractivity contribution in [3.05, 3.63) is 65.3 Å². The predicted octanol–water partition coefficient (Wildman–Crippen LogP) is 1.89. The molecule has 1 heterocycles. The maximum atomic E-state index is 8.78. The molecular formula is C13H11N3. The van der Waals surface area contributed by atoms with Gasteiger partial charge in [-0.1, -0.05) is 12.1 Å². The SMILES string of the molecule is N#Cc1cccc(Cn2ccc(=N)cc2)c1. The fraction of sp³-hybridized carbons (Fsp3) is 0.0769. The molecule has 3 heteroatoms. The van der Waals surface area contributed by atoms with Crippen LogP contribution in [0.3, 0.4) is 0 Å². The van der Waals surface area contributed by atoms with Crippen molar-refractivity contribution in [2.24, 2.45) is 0 Å². The third-order valence-corrected chi connectivity index (χ3v) is 2.31. The molecule has 16 heavy (non-hydrogen) atoms. The summed E-state index contributed by atoms with van der Waals surface area (Å²) < 4.78 is 1.98. The average Bonchev–Trinajstić information content (AvgIpc) is 2.32. The third kappa shape index (κ3) is 2.37. The Hall–Kier alpha value is -2.34. The zero-order valence-corrected chi connectivity index (χ0v) is 8.72. The van der Waals surface area contributed by atoms with E-state index < -0.39 is 0 Å². The first-order valence-electron chi connectivity index (χ1n) is 4.98. The molecular weight excluding hydrogens is 198 g/mol. The van der Waals surface area contributed by atoms with Crippen LogP contribution in [0, 0.1) is 16.7 Å². The van der Waals surface area contributed by atoms with Crippen molar-refractivity contribution in [2.45, 2.75) is 6.54 Å². The Bertz CT molecular complexity index is 570. The molecule has 0 unspecified atom stereocenters. The van der Waals surface area contributed by atoms with Gasteiger partial charge in [-0.25, -0.2) is 0 Å². The molecule has 3 nitrogen and oxygen atoms in total. The summed E-state index contributed by atoms with van der Waals surface area (Å²) in [6, 6.07) is 13.2. The predicted molar refractivity (Wildman–Crippen MR) is 60.5 cm³/mol. The van der Waals surface area contributed by atoms with E-state index in [0.29, 0.717) is 10.9 Å². The molecule has 1 aromatic carbocycles. The van der Waals surface area contributed by atoms with Gasteiger partial charge in [0.05, 0.1) is 17.0 Å². The van der Waals surface area contributed by atoms with Gasteiger partial charge in [0, 0.05) is 18.9 Å². The average molecular weight is 209 g/mol. The number of rotatable bonds is 2. The highest BCUT2D eigenvalue weighted by atomic mass is 14.9. The van der Waals surface area contributed by atoms with Crippen LogP contribution in [0.5, 0.6) is 0 Å². The van der Waals surface area contributed by atoms with Gasteiger partial charge in [0.25, 0.3) is 0 Å². The Balaban J connectivity index is 2.24. The van der Waals surface area contributed by atoms with Gasteiger partial charge in [0.15, 0.2) is 0 Å². The quantitative estimate of drug-likeness (QED) is 0.806.